The van der Waals surface area contributed by atoms with E-state index in [0.29, 0.717) is 42.3 Å². The molecule has 114 valence electrons. The lowest BCUT2D eigenvalue weighted by Gasteiger charge is -2.08. The second-order valence-electron chi connectivity index (χ2n) is 4.46. The van der Waals surface area contributed by atoms with Gasteiger partial charge in [-0.15, -0.1) is 0 Å². The van der Waals surface area contributed by atoms with Gasteiger partial charge in [-0.25, -0.2) is 0 Å². The van der Waals surface area contributed by atoms with Crippen LogP contribution in [-0.4, -0.2) is 31.8 Å². The summed E-state index contributed by atoms with van der Waals surface area (Å²) in [5.41, 5.74) is 6.47. The lowest BCUT2D eigenvalue weighted by Crippen LogP contribution is -2.25. The Morgan fingerprint density at radius 2 is 2.05 bits per heavy atom. The number of amides is 1. The monoisotopic (exact) mass is 294 g/mol. The summed E-state index contributed by atoms with van der Waals surface area (Å²) in [5, 5.41) is 2.71. The van der Waals surface area contributed by atoms with Crippen LogP contribution in [0.25, 0.3) is 0 Å². The van der Waals surface area contributed by atoms with Gasteiger partial charge < -0.3 is 25.3 Å². The third-order valence-electron chi connectivity index (χ3n) is 2.94. The van der Waals surface area contributed by atoms with Gasteiger partial charge in [-0.05, 0) is 19.4 Å². The Labute approximate surface area is 122 Å². The second-order valence-corrected chi connectivity index (χ2v) is 4.46. The minimum Gasteiger partial charge on any atom is -0.466 e. The van der Waals surface area contributed by atoms with E-state index < -0.39 is 0 Å². The molecule has 21 heavy (non-hydrogen) atoms. The van der Waals surface area contributed by atoms with Crippen LogP contribution in [-0.2, 0) is 9.53 Å². The number of hydrogen-bond donors (Lipinski definition) is 2. The molecule has 0 spiro atoms. The molecule has 0 radical (unpaired) electrons. The van der Waals surface area contributed by atoms with Crippen LogP contribution in [0.4, 0.5) is 5.69 Å². The summed E-state index contributed by atoms with van der Waals surface area (Å²) in [6.07, 6.45) is 0.778. The number of nitrogens with two attached hydrogens (primary N) is 1. The van der Waals surface area contributed by atoms with E-state index >= 15 is 0 Å². The van der Waals surface area contributed by atoms with Crippen molar-refractivity contribution in [3.8, 4) is 11.5 Å². The smallest absolute Gasteiger partial charge is 0.305 e. The predicted molar refractivity (Wildman–Crippen MR) is 75.2 cm³/mol. The van der Waals surface area contributed by atoms with E-state index in [-0.39, 0.29) is 25.1 Å². The number of hydrogen-bond acceptors (Lipinski definition) is 6. The summed E-state index contributed by atoms with van der Waals surface area (Å²) >= 11 is 0. The van der Waals surface area contributed by atoms with E-state index in [1.165, 1.54) is 0 Å². The Hall–Kier alpha value is -2.44. The number of ether oxygens (including phenoxy) is 3. The highest BCUT2D eigenvalue weighted by Crippen LogP contribution is 2.35. The van der Waals surface area contributed by atoms with Gasteiger partial charge in [-0.3, -0.25) is 9.59 Å². The number of nitrogen functional groups attached to an aromatic ring is 1. The van der Waals surface area contributed by atoms with Crippen LogP contribution in [0, 0.1) is 0 Å². The van der Waals surface area contributed by atoms with Crippen LogP contribution in [0.1, 0.15) is 30.1 Å². The summed E-state index contributed by atoms with van der Waals surface area (Å²) in [5.74, 6) is 0.455. The minimum atomic E-state index is -0.311. The Bertz CT molecular complexity index is 544. The summed E-state index contributed by atoms with van der Waals surface area (Å²) in [6, 6.07) is 3.12. The minimum absolute atomic E-state index is 0.124. The van der Waals surface area contributed by atoms with Crippen molar-refractivity contribution in [3.05, 3.63) is 17.7 Å². The van der Waals surface area contributed by atoms with Crippen molar-refractivity contribution >= 4 is 17.6 Å². The fourth-order valence-electron chi connectivity index (χ4n) is 1.92. The lowest BCUT2D eigenvalue weighted by molar-refractivity contribution is -0.143. The first kappa shape index (κ1) is 15.0. The normalized spacial score (nSPS) is 12.0. The predicted octanol–water partition coefficient (Wildman–Crippen LogP) is 1.07. The quantitative estimate of drug-likeness (QED) is 0.462. The highest BCUT2D eigenvalue weighted by molar-refractivity contribution is 6.00. The van der Waals surface area contributed by atoms with Gasteiger partial charge in [-0.2, -0.15) is 0 Å². The molecule has 0 atom stereocenters. The molecular formula is C14H18N2O5. The molecule has 7 nitrogen and oxygen atoms in total. The number of carbonyl (C=O) groups is 2. The third kappa shape index (κ3) is 3.77. The molecule has 1 aliphatic rings. The molecule has 7 heteroatoms. The van der Waals surface area contributed by atoms with Crippen molar-refractivity contribution in [1.29, 1.82) is 0 Å². The van der Waals surface area contributed by atoms with Gasteiger partial charge in [-0.1, -0.05) is 0 Å². The van der Waals surface area contributed by atoms with Crippen molar-refractivity contribution in [2.75, 3.05) is 25.7 Å². The van der Waals surface area contributed by atoms with Crippen molar-refractivity contribution in [2.24, 2.45) is 0 Å². The molecule has 0 saturated heterocycles. The van der Waals surface area contributed by atoms with Crippen LogP contribution in [0.3, 0.4) is 0 Å². The molecule has 0 aliphatic carbocycles. The van der Waals surface area contributed by atoms with Gasteiger partial charge in [0.2, 0.25) is 6.79 Å². The molecule has 0 saturated carbocycles. The molecule has 1 aliphatic heterocycles. The van der Waals surface area contributed by atoms with E-state index in [2.05, 4.69) is 5.32 Å². The summed E-state index contributed by atoms with van der Waals surface area (Å²) in [4.78, 5) is 23.2. The fraction of sp³-hybridized carbons (Fsp3) is 0.429. The molecule has 0 aromatic heterocycles. The molecule has 0 unspecified atom stereocenters. The lowest BCUT2D eigenvalue weighted by atomic mass is 10.1. The van der Waals surface area contributed by atoms with Crippen molar-refractivity contribution in [3.63, 3.8) is 0 Å². The number of anilines is 1. The van der Waals surface area contributed by atoms with E-state index in [9.17, 15) is 9.59 Å². The maximum Gasteiger partial charge on any atom is 0.305 e. The first-order valence-corrected chi connectivity index (χ1v) is 6.74. The van der Waals surface area contributed by atoms with Crippen LogP contribution in [0.5, 0.6) is 11.5 Å². The van der Waals surface area contributed by atoms with Crippen molar-refractivity contribution in [1.82, 2.24) is 5.32 Å². The Kier molecular flexibility index (Phi) is 4.86. The zero-order valence-electron chi connectivity index (χ0n) is 11.8. The standard InChI is InChI=1S/C14H18N2O5/c1-2-19-13(17)4-3-5-16-14(18)9-6-11-12(7-10(9)15)21-8-20-11/h6-7H,2-5,8,15H2,1H3,(H,16,18). The van der Waals surface area contributed by atoms with Gasteiger partial charge >= 0.3 is 5.97 Å². The van der Waals surface area contributed by atoms with E-state index in [0.717, 1.165) is 0 Å². The van der Waals surface area contributed by atoms with Crippen LogP contribution < -0.4 is 20.5 Å². The highest BCUT2D eigenvalue weighted by atomic mass is 16.7. The number of carbonyl (C=O) groups excluding carboxylic acids is 2. The van der Waals surface area contributed by atoms with Gasteiger partial charge in [0.05, 0.1) is 12.2 Å². The van der Waals surface area contributed by atoms with E-state index in [4.69, 9.17) is 19.9 Å². The summed E-state index contributed by atoms with van der Waals surface area (Å²) in [7, 11) is 0. The van der Waals surface area contributed by atoms with Crippen LogP contribution >= 0.6 is 0 Å². The van der Waals surface area contributed by atoms with Crippen molar-refractivity contribution in [2.45, 2.75) is 19.8 Å². The van der Waals surface area contributed by atoms with Crippen molar-refractivity contribution < 1.29 is 23.8 Å². The molecule has 1 aromatic carbocycles. The topological polar surface area (TPSA) is 99.9 Å². The Balaban J connectivity index is 1.85. The Morgan fingerprint density at radius 1 is 1.33 bits per heavy atom. The summed E-state index contributed by atoms with van der Waals surface area (Å²) in [6.45, 7) is 2.60. The number of esters is 1. The molecule has 0 fully saturated rings. The molecule has 1 amide bonds. The van der Waals surface area contributed by atoms with E-state index in [1.54, 1.807) is 19.1 Å². The van der Waals surface area contributed by atoms with Gasteiger partial charge in [0.15, 0.2) is 11.5 Å². The summed E-state index contributed by atoms with van der Waals surface area (Å²) < 4.78 is 15.2. The SMILES string of the molecule is CCOC(=O)CCCNC(=O)c1cc2c(cc1N)OCO2. The first-order valence-electron chi connectivity index (χ1n) is 6.74. The fourth-order valence-corrected chi connectivity index (χ4v) is 1.92. The number of benzene rings is 1. The average molecular weight is 294 g/mol. The Morgan fingerprint density at radius 3 is 2.76 bits per heavy atom. The second kappa shape index (κ2) is 6.83. The molecule has 1 heterocycles. The average Bonchev–Trinajstić information content (AvgIpc) is 2.89. The van der Waals surface area contributed by atoms with Gasteiger partial charge in [0, 0.05) is 24.7 Å². The highest BCUT2D eigenvalue weighted by Gasteiger charge is 2.19. The first-order chi connectivity index (χ1) is 10.1. The third-order valence-corrected chi connectivity index (χ3v) is 2.94. The zero-order chi connectivity index (χ0) is 15.2. The molecule has 3 N–H and O–H groups in total. The number of fused-ring (bicyclic) bond motifs is 1. The largest absolute Gasteiger partial charge is 0.466 e. The van der Waals surface area contributed by atoms with Crippen LogP contribution in [0.15, 0.2) is 12.1 Å². The zero-order valence-corrected chi connectivity index (χ0v) is 11.8. The maximum absolute atomic E-state index is 12.0. The van der Waals surface area contributed by atoms with Gasteiger partial charge in [0.1, 0.15) is 0 Å². The molecule has 2 rings (SSSR count). The molecular weight excluding hydrogens is 276 g/mol. The number of rotatable bonds is 6. The maximum atomic E-state index is 12.0. The van der Waals surface area contributed by atoms with Crippen LogP contribution in [0.2, 0.25) is 0 Å². The molecule has 0 bridgehead atoms. The molecule has 1 aromatic rings. The van der Waals surface area contributed by atoms with E-state index in [1.807, 2.05) is 0 Å². The van der Waals surface area contributed by atoms with Gasteiger partial charge in [0.25, 0.3) is 5.91 Å². The number of nitrogens with one attached hydrogen (secondary N) is 1.